The number of nitrogens with zero attached hydrogens (tertiary/aromatic N) is 2. The van der Waals surface area contributed by atoms with Crippen molar-refractivity contribution in [3.8, 4) is 0 Å². The number of hydrogen-bond donors (Lipinski definition) is 1. The van der Waals surface area contributed by atoms with Crippen molar-refractivity contribution in [2.45, 2.75) is 38.8 Å². The molecule has 1 aliphatic carbocycles. The van der Waals surface area contributed by atoms with Crippen molar-refractivity contribution >= 4 is 21.1 Å². The first kappa shape index (κ1) is 13.6. The Labute approximate surface area is 119 Å². The van der Waals surface area contributed by atoms with Gasteiger partial charge in [-0.3, -0.25) is 0 Å². The number of imidazole rings is 1. The maximum atomic E-state index is 11.8. The van der Waals surface area contributed by atoms with E-state index in [1.807, 2.05) is 31.2 Å². The summed E-state index contributed by atoms with van der Waals surface area (Å²) in [5.74, 6) is 0.977. The van der Waals surface area contributed by atoms with Crippen LogP contribution in [0.2, 0.25) is 0 Å². The van der Waals surface area contributed by atoms with Crippen LogP contribution in [0.1, 0.15) is 38.1 Å². The van der Waals surface area contributed by atoms with Crippen molar-refractivity contribution in [1.29, 1.82) is 0 Å². The number of benzene rings is 1. The minimum atomic E-state index is -3.19. The molecule has 3 rings (SSSR count). The average Bonchev–Trinajstić information content (AvgIpc) is 3.17. The standard InChI is InChI=1S/C14H19N3O2S/c1-2-9-20(18,19)15-10-14-16-12-5-3-4-6-13(12)17(14)11-7-8-11/h3-6,11,15H,2,7-10H2,1H3. The Hall–Kier alpha value is -1.40. The van der Waals surface area contributed by atoms with Crippen LogP contribution in [0, 0.1) is 0 Å². The Morgan fingerprint density at radius 3 is 2.80 bits per heavy atom. The van der Waals surface area contributed by atoms with Gasteiger partial charge in [-0.25, -0.2) is 18.1 Å². The van der Waals surface area contributed by atoms with E-state index in [1.165, 1.54) is 0 Å². The van der Waals surface area contributed by atoms with E-state index in [2.05, 4.69) is 14.3 Å². The summed E-state index contributed by atoms with van der Waals surface area (Å²) >= 11 is 0. The zero-order valence-electron chi connectivity index (χ0n) is 11.5. The van der Waals surface area contributed by atoms with Crippen molar-refractivity contribution in [3.05, 3.63) is 30.1 Å². The minimum Gasteiger partial charge on any atom is -0.324 e. The lowest BCUT2D eigenvalue weighted by molar-refractivity contribution is 0.574. The Morgan fingerprint density at radius 1 is 1.35 bits per heavy atom. The summed E-state index contributed by atoms with van der Waals surface area (Å²) in [7, 11) is -3.19. The zero-order chi connectivity index (χ0) is 14.2. The molecule has 1 aromatic heterocycles. The molecule has 1 aliphatic rings. The van der Waals surface area contributed by atoms with Gasteiger partial charge in [-0.15, -0.1) is 0 Å². The van der Waals surface area contributed by atoms with Gasteiger partial charge < -0.3 is 4.57 Å². The third-order valence-corrected chi connectivity index (χ3v) is 5.03. The SMILES string of the molecule is CCCS(=O)(=O)NCc1nc2ccccc2n1C1CC1. The lowest BCUT2D eigenvalue weighted by Gasteiger charge is -2.09. The number of nitrogens with one attached hydrogen (secondary N) is 1. The van der Waals surface area contributed by atoms with Gasteiger partial charge in [-0.05, 0) is 31.4 Å². The number of hydrogen-bond acceptors (Lipinski definition) is 3. The highest BCUT2D eigenvalue weighted by atomic mass is 32.2. The molecule has 0 saturated heterocycles. The highest BCUT2D eigenvalue weighted by molar-refractivity contribution is 7.89. The van der Waals surface area contributed by atoms with Crippen LogP contribution >= 0.6 is 0 Å². The summed E-state index contributed by atoms with van der Waals surface area (Å²) < 4.78 is 28.4. The van der Waals surface area contributed by atoms with Gasteiger partial charge >= 0.3 is 0 Å². The van der Waals surface area contributed by atoms with Crippen LogP contribution in [0.3, 0.4) is 0 Å². The predicted octanol–water partition coefficient (Wildman–Crippen LogP) is 2.20. The molecule has 108 valence electrons. The van der Waals surface area contributed by atoms with Gasteiger partial charge in [0.05, 0.1) is 23.3 Å². The molecule has 20 heavy (non-hydrogen) atoms. The molecule has 1 heterocycles. The van der Waals surface area contributed by atoms with Gasteiger partial charge in [0.2, 0.25) is 10.0 Å². The molecule has 1 N–H and O–H groups in total. The summed E-state index contributed by atoms with van der Waals surface area (Å²) in [6.07, 6.45) is 2.92. The van der Waals surface area contributed by atoms with Crippen molar-refractivity contribution in [3.63, 3.8) is 0 Å². The van der Waals surface area contributed by atoms with Gasteiger partial charge in [0, 0.05) is 6.04 Å². The van der Waals surface area contributed by atoms with Crippen LogP contribution in [-0.2, 0) is 16.6 Å². The third kappa shape index (κ3) is 2.71. The lowest BCUT2D eigenvalue weighted by Crippen LogP contribution is -2.27. The van der Waals surface area contributed by atoms with E-state index >= 15 is 0 Å². The molecule has 0 radical (unpaired) electrons. The Bertz CT molecular complexity index is 717. The molecule has 2 aromatic rings. The van der Waals surface area contributed by atoms with E-state index in [4.69, 9.17) is 0 Å². The molecule has 1 fully saturated rings. The van der Waals surface area contributed by atoms with Crippen LogP contribution in [-0.4, -0.2) is 23.7 Å². The maximum absolute atomic E-state index is 11.8. The van der Waals surface area contributed by atoms with Crippen molar-refractivity contribution < 1.29 is 8.42 Å². The van der Waals surface area contributed by atoms with E-state index in [0.29, 0.717) is 12.5 Å². The molecule has 6 heteroatoms. The van der Waals surface area contributed by atoms with Gasteiger partial charge in [0.15, 0.2) is 0 Å². The first-order valence-corrected chi connectivity index (χ1v) is 8.69. The van der Waals surface area contributed by atoms with Crippen LogP contribution in [0.5, 0.6) is 0 Å². The number of sulfonamides is 1. The monoisotopic (exact) mass is 293 g/mol. The second-order valence-corrected chi connectivity index (χ2v) is 7.18. The predicted molar refractivity (Wildman–Crippen MR) is 78.9 cm³/mol. The number of rotatable bonds is 6. The van der Waals surface area contributed by atoms with E-state index in [0.717, 1.165) is 29.7 Å². The lowest BCUT2D eigenvalue weighted by atomic mass is 10.3. The maximum Gasteiger partial charge on any atom is 0.211 e. The molecule has 0 bridgehead atoms. The largest absolute Gasteiger partial charge is 0.324 e. The fourth-order valence-electron chi connectivity index (χ4n) is 2.47. The van der Waals surface area contributed by atoms with E-state index in [1.54, 1.807) is 0 Å². The summed E-state index contributed by atoms with van der Waals surface area (Å²) in [6.45, 7) is 2.13. The quantitative estimate of drug-likeness (QED) is 0.888. The number of fused-ring (bicyclic) bond motifs is 1. The molecule has 0 amide bonds. The van der Waals surface area contributed by atoms with Crippen LogP contribution in [0.15, 0.2) is 24.3 Å². The van der Waals surface area contributed by atoms with Gasteiger partial charge in [0.25, 0.3) is 0 Å². The Kier molecular flexibility index (Phi) is 3.52. The normalized spacial score (nSPS) is 15.8. The molecule has 0 unspecified atom stereocenters. The molecule has 5 nitrogen and oxygen atoms in total. The van der Waals surface area contributed by atoms with Gasteiger partial charge in [-0.1, -0.05) is 19.1 Å². The second kappa shape index (κ2) is 5.18. The number of para-hydroxylation sites is 2. The van der Waals surface area contributed by atoms with Crippen LogP contribution in [0.4, 0.5) is 0 Å². The fourth-order valence-corrected chi connectivity index (χ4v) is 3.51. The average molecular weight is 293 g/mol. The Morgan fingerprint density at radius 2 is 2.10 bits per heavy atom. The van der Waals surface area contributed by atoms with E-state index in [9.17, 15) is 8.42 Å². The topological polar surface area (TPSA) is 64.0 Å². The highest BCUT2D eigenvalue weighted by Gasteiger charge is 2.28. The molecule has 0 spiro atoms. The first-order valence-electron chi connectivity index (χ1n) is 7.04. The minimum absolute atomic E-state index is 0.163. The summed E-state index contributed by atoms with van der Waals surface area (Å²) in [4.78, 5) is 4.57. The second-order valence-electron chi connectivity index (χ2n) is 5.26. The van der Waals surface area contributed by atoms with Crippen molar-refractivity contribution in [2.24, 2.45) is 0 Å². The summed E-state index contributed by atoms with van der Waals surface area (Å²) in [5.41, 5.74) is 2.03. The molecular weight excluding hydrogens is 274 g/mol. The molecule has 0 aliphatic heterocycles. The van der Waals surface area contributed by atoms with Crippen LogP contribution in [0.25, 0.3) is 11.0 Å². The van der Waals surface area contributed by atoms with Crippen molar-refractivity contribution in [2.75, 3.05) is 5.75 Å². The summed E-state index contributed by atoms with van der Waals surface area (Å²) in [6, 6.07) is 8.45. The highest BCUT2D eigenvalue weighted by Crippen LogP contribution is 2.38. The van der Waals surface area contributed by atoms with Crippen molar-refractivity contribution in [1.82, 2.24) is 14.3 Å². The molecular formula is C14H19N3O2S. The molecule has 1 aromatic carbocycles. The summed E-state index contributed by atoms with van der Waals surface area (Å²) in [5, 5.41) is 0. The van der Waals surface area contributed by atoms with Crippen LogP contribution < -0.4 is 4.72 Å². The fraction of sp³-hybridized carbons (Fsp3) is 0.500. The Balaban J connectivity index is 1.89. The van der Waals surface area contributed by atoms with E-state index in [-0.39, 0.29) is 12.3 Å². The molecule has 0 atom stereocenters. The third-order valence-electron chi connectivity index (χ3n) is 3.50. The smallest absolute Gasteiger partial charge is 0.211 e. The number of aromatic nitrogens is 2. The molecule has 1 saturated carbocycles. The van der Waals surface area contributed by atoms with Gasteiger partial charge in [-0.2, -0.15) is 0 Å². The van der Waals surface area contributed by atoms with E-state index < -0.39 is 10.0 Å². The first-order chi connectivity index (χ1) is 9.61. The zero-order valence-corrected chi connectivity index (χ0v) is 12.4. The van der Waals surface area contributed by atoms with Gasteiger partial charge in [0.1, 0.15) is 5.82 Å².